The third-order valence-electron chi connectivity index (χ3n) is 2.98. The summed E-state index contributed by atoms with van der Waals surface area (Å²) in [6, 6.07) is 14.6. The van der Waals surface area contributed by atoms with Crippen LogP contribution in [0.15, 0.2) is 51.4 Å². The van der Waals surface area contributed by atoms with Crippen LogP contribution in [0, 0.1) is 0 Å². The number of hydrogen-bond acceptors (Lipinski definition) is 2. The highest BCUT2D eigenvalue weighted by molar-refractivity contribution is 9.10. The fraction of sp³-hybridized carbons (Fsp3) is 0.200. The zero-order chi connectivity index (χ0) is 13.8. The molecule has 4 heteroatoms. The summed E-state index contributed by atoms with van der Waals surface area (Å²) in [7, 11) is 2.08. The Morgan fingerprint density at radius 2 is 1.84 bits per heavy atom. The average molecular weight is 384 g/mol. The van der Waals surface area contributed by atoms with Crippen LogP contribution in [0.4, 0.5) is 5.69 Å². The number of hydrogen-bond donors (Lipinski definition) is 1. The minimum Gasteiger partial charge on any atom is -0.370 e. The van der Waals surface area contributed by atoms with Crippen molar-refractivity contribution in [2.45, 2.75) is 13.1 Å². The summed E-state index contributed by atoms with van der Waals surface area (Å²) in [5.41, 5.74) is 9.27. The van der Waals surface area contributed by atoms with Gasteiger partial charge in [0, 0.05) is 34.8 Å². The van der Waals surface area contributed by atoms with Crippen LogP contribution in [0.2, 0.25) is 0 Å². The first kappa shape index (κ1) is 14.6. The highest BCUT2D eigenvalue weighted by Gasteiger charge is 2.06. The Labute approximate surface area is 130 Å². The van der Waals surface area contributed by atoms with Gasteiger partial charge >= 0.3 is 0 Å². The van der Waals surface area contributed by atoms with Crippen LogP contribution in [-0.4, -0.2) is 7.05 Å². The molecule has 0 aliphatic rings. The largest absolute Gasteiger partial charge is 0.370 e. The van der Waals surface area contributed by atoms with Gasteiger partial charge in [-0.2, -0.15) is 0 Å². The first-order chi connectivity index (χ1) is 9.10. The van der Waals surface area contributed by atoms with E-state index in [0.29, 0.717) is 6.54 Å². The fourth-order valence-corrected chi connectivity index (χ4v) is 2.88. The topological polar surface area (TPSA) is 29.3 Å². The van der Waals surface area contributed by atoms with Crippen molar-refractivity contribution in [3.8, 4) is 0 Å². The molecule has 0 saturated carbocycles. The molecule has 0 heterocycles. The number of halogens is 2. The maximum Gasteiger partial charge on any atom is 0.0437 e. The molecule has 2 rings (SSSR count). The molecule has 2 aromatic rings. The van der Waals surface area contributed by atoms with Crippen LogP contribution < -0.4 is 10.6 Å². The van der Waals surface area contributed by atoms with E-state index in [1.165, 1.54) is 5.56 Å². The molecule has 0 aromatic heterocycles. The highest BCUT2D eigenvalue weighted by atomic mass is 79.9. The maximum atomic E-state index is 5.72. The molecule has 0 radical (unpaired) electrons. The van der Waals surface area contributed by atoms with E-state index in [0.717, 1.165) is 26.7 Å². The normalized spacial score (nSPS) is 10.5. The zero-order valence-electron chi connectivity index (χ0n) is 10.7. The van der Waals surface area contributed by atoms with Crippen molar-refractivity contribution in [3.05, 3.63) is 62.5 Å². The predicted octanol–water partition coefficient (Wildman–Crippen LogP) is 4.31. The van der Waals surface area contributed by atoms with Crippen LogP contribution in [0.3, 0.4) is 0 Å². The van der Waals surface area contributed by atoms with Crippen molar-refractivity contribution in [1.82, 2.24) is 0 Å². The van der Waals surface area contributed by atoms with Crippen molar-refractivity contribution in [3.63, 3.8) is 0 Å². The summed E-state index contributed by atoms with van der Waals surface area (Å²) in [6.07, 6.45) is 0. The average Bonchev–Trinajstić information content (AvgIpc) is 2.40. The number of rotatable bonds is 4. The molecule has 0 unspecified atom stereocenters. The fourth-order valence-electron chi connectivity index (χ4n) is 1.94. The molecule has 0 aliphatic carbocycles. The minimum absolute atomic E-state index is 0.551. The lowest BCUT2D eigenvalue weighted by atomic mass is 10.1. The lowest BCUT2D eigenvalue weighted by molar-refractivity contribution is 0.914. The van der Waals surface area contributed by atoms with Crippen molar-refractivity contribution in [2.24, 2.45) is 5.73 Å². The van der Waals surface area contributed by atoms with E-state index >= 15 is 0 Å². The highest BCUT2D eigenvalue weighted by Crippen LogP contribution is 2.25. The second-order valence-electron chi connectivity index (χ2n) is 4.47. The Morgan fingerprint density at radius 3 is 2.53 bits per heavy atom. The molecular formula is C15H16Br2N2. The van der Waals surface area contributed by atoms with Crippen molar-refractivity contribution in [2.75, 3.05) is 11.9 Å². The lowest BCUT2D eigenvalue weighted by Gasteiger charge is -2.21. The summed E-state index contributed by atoms with van der Waals surface area (Å²) in [4.78, 5) is 2.21. The van der Waals surface area contributed by atoms with Gasteiger partial charge in [0.25, 0.3) is 0 Å². The number of anilines is 1. The van der Waals surface area contributed by atoms with E-state index in [-0.39, 0.29) is 0 Å². The third kappa shape index (κ3) is 3.81. The van der Waals surface area contributed by atoms with E-state index in [1.54, 1.807) is 0 Å². The number of nitrogens with zero attached hydrogens (tertiary/aromatic N) is 1. The van der Waals surface area contributed by atoms with Crippen LogP contribution in [0.5, 0.6) is 0 Å². The second kappa shape index (κ2) is 6.55. The summed E-state index contributed by atoms with van der Waals surface area (Å²) in [6.45, 7) is 1.40. The molecule has 0 amide bonds. The molecule has 2 N–H and O–H groups in total. The molecule has 100 valence electrons. The third-order valence-corrected chi connectivity index (χ3v) is 4.22. The molecule has 0 spiro atoms. The molecule has 0 atom stereocenters. The van der Waals surface area contributed by atoms with Crippen LogP contribution in [0.25, 0.3) is 0 Å². The standard InChI is InChI=1S/C15H16Br2N2/c1-19(10-12-4-2-3-5-15(12)17)14-7-11(9-18)6-13(16)8-14/h2-8H,9-10,18H2,1H3. The Kier molecular flexibility index (Phi) is 5.02. The molecule has 19 heavy (non-hydrogen) atoms. The lowest BCUT2D eigenvalue weighted by Crippen LogP contribution is -2.17. The predicted molar refractivity (Wildman–Crippen MR) is 88.3 cm³/mol. The summed E-state index contributed by atoms with van der Waals surface area (Å²) in [5, 5.41) is 0. The van der Waals surface area contributed by atoms with E-state index < -0.39 is 0 Å². The van der Waals surface area contributed by atoms with Crippen molar-refractivity contribution >= 4 is 37.5 Å². The minimum atomic E-state index is 0.551. The molecule has 2 aromatic carbocycles. The van der Waals surface area contributed by atoms with Gasteiger partial charge in [0.2, 0.25) is 0 Å². The van der Waals surface area contributed by atoms with Gasteiger partial charge in [-0.1, -0.05) is 50.1 Å². The van der Waals surface area contributed by atoms with Gasteiger partial charge in [-0.05, 0) is 35.4 Å². The van der Waals surface area contributed by atoms with Gasteiger partial charge in [-0.3, -0.25) is 0 Å². The van der Waals surface area contributed by atoms with Gasteiger partial charge in [0.15, 0.2) is 0 Å². The van der Waals surface area contributed by atoms with Crippen LogP contribution in [-0.2, 0) is 13.1 Å². The van der Waals surface area contributed by atoms with Gasteiger partial charge in [0.05, 0.1) is 0 Å². The second-order valence-corrected chi connectivity index (χ2v) is 6.24. The molecule has 2 nitrogen and oxygen atoms in total. The van der Waals surface area contributed by atoms with E-state index in [4.69, 9.17) is 5.73 Å². The molecule has 0 bridgehead atoms. The Bertz CT molecular complexity index is 570. The van der Waals surface area contributed by atoms with Crippen LogP contribution in [0.1, 0.15) is 11.1 Å². The SMILES string of the molecule is CN(Cc1ccccc1Br)c1cc(Br)cc(CN)c1. The van der Waals surface area contributed by atoms with Gasteiger partial charge < -0.3 is 10.6 Å². The van der Waals surface area contributed by atoms with Crippen molar-refractivity contribution < 1.29 is 0 Å². The van der Waals surface area contributed by atoms with E-state index in [2.05, 4.69) is 80.2 Å². The van der Waals surface area contributed by atoms with Crippen molar-refractivity contribution in [1.29, 1.82) is 0 Å². The van der Waals surface area contributed by atoms with Gasteiger partial charge in [-0.25, -0.2) is 0 Å². The quantitative estimate of drug-likeness (QED) is 0.852. The monoisotopic (exact) mass is 382 g/mol. The molecule has 0 aliphatic heterocycles. The first-order valence-electron chi connectivity index (χ1n) is 6.04. The maximum absolute atomic E-state index is 5.72. The first-order valence-corrected chi connectivity index (χ1v) is 7.63. The van der Waals surface area contributed by atoms with Crippen LogP contribution >= 0.6 is 31.9 Å². The zero-order valence-corrected chi connectivity index (χ0v) is 13.9. The summed E-state index contributed by atoms with van der Waals surface area (Å²) < 4.78 is 2.19. The number of benzene rings is 2. The Morgan fingerprint density at radius 1 is 1.11 bits per heavy atom. The van der Waals surface area contributed by atoms with Gasteiger partial charge in [-0.15, -0.1) is 0 Å². The summed E-state index contributed by atoms with van der Waals surface area (Å²) >= 11 is 7.11. The molecule has 0 saturated heterocycles. The van der Waals surface area contributed by atoms with E-state index in [1.807, 2.05) is 6.07 Å². The smallest absolute Gasteiger partial charge is 0.0437 e. The molecular weight excluding hydrogens is 368 g/mol. The van der Waals surface area contributed by atoms with E-state index in [9.17, 15) is 0 Å². The Balaban J connectivity index is 2.22. The van der Waals surface area contributed by atoms with Gasteiger partial charge in [0.1, 0.15) is 0 Å². The molecule has 0 fully saturated rings. The number of nitrogens with two attached hydrogens (primary N) is 1. The Hall–Kier alpha value is -0.840. The summed E-state index contributed by atoms with van der Waals surface area (Å²) in [5.74, 6) is 0.